The highest BCUT2D eigenvalue weighted by atomic mass is 16.5. The number of ether oxygens (including phenoxy) is 1. The van der Waals surface area contributed by atoms with Crippen LogP contribution in [0.15, 0.2) is 0 Å². The normalized spacial score (nSPS) is 16.2. The molecule has 0 saturated heterocycles. The van der Waals surface area contributed by atoms with Gasteiger partial charge in [-0.1, -0.05) is 20.8 Å². The van der Waals surface area contributed by atoms with Crippen molar-refractivity contribution < 1.29 is 4.74 Å². The fourth-order valence-electron chi connectivity index (χ4n) is 1.25. The zero-order valence-corrected chi connectivity index (χ0v) is 9.39. The maximum Gasteiger partial charge on any atom is 0.0656 e. The van der Waals surface area contributed by atoms with Crippen LogP contribution in [0.2, 0.25) is 0 Å². The number of methoxy groups -OCH3 is 1. The lowest BCUT2D eigenvalue weighted by molar-refractivity contribution is 0.108. The van der Waals surface area contributed by atoms with Gasteiger partial charge in [-0.15, -0.1) is 0 Å². The molecule has 3 heteroatoms. The zero-order chi connectivity index (χ0) is 10.3. The largest absolute Gasteiger partial charge is 0.383 e. The molecule has 3 N–H and O–H groups in total. The van der Waals surface area contributed by atoms with Gasteiger partial charge in [0.25, 0.3) is 0 Å². The molecule has 0 aromatic carbocycles. The van der Waals surface area contributed by atoms with Crippen molar-refractivity contribution in [2.75, 3.05) is 26.8 Å². The molecular formula is C10H24N2O. The molecule has 0 saturated carbocycles. The molecule has 1 unspecified atom stereocenters. The first-order valence-electron chi connectivity index (χ1n) is 5.04. The minimum Gasteiger partial charge on any atom is -0.383 e. The molecule has 3 nitrogen and oxygen atoms in total. The van der Waals surface area contributed by atoms with Crippen LogP contribution in [0.25, 0.3) is 0 Å². The molecule has 0 radical (unpaired) electrons. The Balaban J connectivity index is 4.04. The molecule has 0 aliphatic heterocycles. The first-order chi connectivity index (χ1) is 6.10. The summed E-state index contributed by atoms with van der Waals surface area (Å²) in [6, 6.07) is 0. The van der Waals surface area contributed by atoms with Crippen molar-refractivity contribution >= 4 is 0 Å². The topological polar surface area (TPSA) is 47.3 Å². The van der Waals surface area contributed by atoms with E-state index in [9.17, 15) is 0 Å². The third-order valence-corrected chi connectivity index (χ3v) is 2.37. The number of nitrogens with one attached hydrogen (secondary N) is 1. The summed E-state index contributed by atoms with van der Waals surface area (Å²) in [5, 5.41) is 3.48. The summed E-state index contributed by atoms with van der Waals surface area (Å²) in [5.74, 6) is 0.648. The lowest BCUT2D eigenvalue weighted by Crippen LogP contribution is -2.55. The Kier molecular flexibility index (Phi) is 6.29. The molecule has 0 aliphatic rings. The summed E-state index contributed by atoms with van der Waals surface area (Å²) in [5.41, 5.74) is 5.72. The Morgan fingerprint density at radius 1 is 1.46 bits per heavy atom. The first-order valence-corrected chi connectivity index (χ1v) is 5.04. The zero-order valence-electron chi connectivity index (χ0n) is 9.39. The van der Waals surface area contributed by atoms with E-state index in [1.807, 2.05) is 0 Å². The molecular weight excluding hydrogens is 164 g/mol. The summed E-state index contributed by atoms with van der Waals surface area (Å²) in [4.78, 5) is 0. The average molecular weight is 188 g/mol. The minimum absolute atomic E-state index is 0.0287. The predicted octanol–water partition coefficient (Wildman–Crippen LogP) is 0.986. The van der Waals surface area contributed by atoms with E-state index in [1.54, 1.807) is 7.11 Å². The molecule has 13 heavy (non-hydrogen) atoms. The Morgan fingerprint density at radius 2 is 2.08 bits per heavy atom. The molecule has 1 atom stereocenters. The smallest absolute Gasteiger partial charge is 0.0656 e. The maximum atomic E-state index is 5.75. The summed E-state index contributed by atoms with van der Waals surface area (Å²) in [6.07, 6.45) is 1.00. The molecule has 0 aliphatic carbocycles. The van der Waals surface area contributed by atoms with E-state index >= 15 is 0 Å². The van der Waals surface area contributed by atoms with Crippen molar-refractivity contribution in [3.8, 4) is 0 Å². The van der Waals surface area contributed by atoms with Crippen molar-refractivity contribution in [3.05, 3.63) is 0 Å². The summed E-state index contributed by atoms with van der Waals surface area (Å²) in [7, 11) is 1.72. The van der Waals surface area contributed by atoms with Gasteiger partial charge in [0.15, 0.2) is 0 Å². The highest BCUT2D eigenvalue weighted by Gasteiger charge is 2.25. The van der Waals surface area contributed by atoms with Crippen LogP contribution in [0.5, 0.6) is 0 Å². The second-order valence-electron chi connectivity index (χ2n) is 4.05. The lowest BCUT2D eigenvalue weighted by Gasteiger charge is -2.32. The molecule has 0 heterocycles. The molecule has 0 spiro atoms. The fraction of sp³-hybridized carbons (Fsp3) is 1.00. The van der Waals surface area contributed by atoms with Crippen LogP contribution in [0.4, 0.5) is 0 Å². The van der Waals surface area contributed by atoms with Gasteiger partial charge in [0.1, 0.15) is 0 Å². The standard InChI is InChI=1S/C10H24N2O/c1-5-10(7-11,8-13-4)12-6-9(2)3/h9,12H,5-8,11H2,1-4H3. The fourth-order valence-corrected chi connectivity index (χ4v) is 1.25. The first kappa shape index (κ1) is 12.9. The monoisotopic (exact) mass is 188 g/mol. The van der Waals surface area contributed by atoms with Crippen LogP contribution < -0.4 is 11.1 Å². The molecule has 0 amide bonds. The van der Waals surface area contributed by atoms with Crippen molar-refractivity contribution in [2.45, 2.75) is 32.7 Å². The molecule has 0 aromatic rings. The average Bonchev–Trinajstić information content (AvgIpc) is 2.12. The van der Waals surface area contributed by atoms with Gasteiger partial charge in [-0.3, -0.25) is 0 Å². The molecule has 0 bridgehead atoms. The summed E-state index contributed by atoms with van der Waals surface area (Å²) in [6.45, 7) is 8.83. The van der Waals surface area contributed by atoms with Crippen LogP contribution in [-0.2, 0) is 4.74 Å². The van der Waals surface area contributed by atoms with Crippen molar-refractivity contribution in [1.29, 1.82) is 0 Å². The molecule has 0 aromatic heterocycles. The van der Waals surface area contributed by atoms with Crippen LogP contribution in [0, 0.1) is 5.92 Å². The Morgan fingerprint density at radius 3 is 2.38 bits per heavy atom. The minimum atomic E-state index is -0.0287. The second kappa shape index (κ2) is 6.35. The Hall–Kier alpha value is -0.120. The third-order valence-electron chi connectivity index (χ3n) is 2.37. The van der Waals surface area contributed by atoms with Gasteiger partial charge in [-0.25, -0.2) is 0 Å². The Labute approximate surface area is 82.0 Å². The van der Waals surface area contributed by atoms with Crippen LogP contribution in [-0.4, -0.2) is 32.3 Å². The SMILES string of the molecule is CCC(CN)(COC)NCC(C)C. The summed E-state index contributed by atoms with van der Waals surface area (Å²) < 4.78 is 5.18. The van der Waals surface area contributed by atoms with Gasteiger partial charge >= 0.3 is 0 Å². The highest BCUT2D eigenvalue weighted by molar-refractivity contribution is 4.87. The van der Waals surface area contributed by atoms with E-state index in [0.717, 1.165) is 13.0 Å². The number of hydrogen-bond acceptors (Lipinski definition) is 3. The van der Waals surface area contributed by atoms with Gasteiger partial charge in [0.2, 0.25) is 0 Å². The van der Waals surface area contributed by atoms with Crippen molar-refractivity contribution in [3.63, 3.8) is 0 Å². The van der Waals surface area contributed by atoms with Crippen LogP contribution in [0.1, 0.15) is 27.2 Å². The maximum absolute atomic E-state index is 5.75. The van der Waals surface area contributed by atoms with E-state index in [2.05, 4.69) is 26.1 Å². The highest BCUT2D eigenvalue weighted by Crippen LogP contribution is 2.09. The van der Waals surface area contributed by atoms with E-state index in [0.29, 0.717) is 19.1 Å². The number of nitrogens with two attached hydrogens (primary N) is 1. The number of hydrogen-bond donors (Lipinski definition) is 2. The molecule has 80 valence electrons. The van der Waals surface area contributed by atoms with Crippen LogP contribution >= 0.6 is 0 Å². The Bertz CT molecular complexity index is 122. The van der Waals surface area contributed by atoms with E-state index in [-0.39, 0.29) is 5.54 Å². The van der Waals surface area contributed by atoms with E-state index < -0.39 is 0 Å². The third kappa shape index (κ3) is 4.60. The second-order valence-corrected chi connectivity index (χ2v) is 4.05. The van der Waals surface area contributed by atoms with E-state index in [1.165, 1.54) is 0 Å². The number of rotatable bonds is 7. The van der Waals surface area contributed by atoms with Gasteiger partial charge in [0.05, 0.1) is 12.1 Å². The summed E-state index contributed by atoms with van der Waals surface area (Å²) >= 11 is 0. The predicted molar refractivity (Wildman–Crippen MR) is 56.8 cm³/mol. The van der Waals surface area contributed by atoms with Gasteiger partial charge in [-0.2, -0.15) is 0 Å². The van der Waals surface area contributed by atoms with Crippen molar-refractivity contribution in [2.24, 2.45) is 11.7 Å². The van der Waals surface area contributed by atoms with Gasteiger partial charge in [0, 0.05) is 13.7 Å². The van der Waals surface area contributed by atoms with Crippen LogP contribution in [0.3, 0.4) is 0 Å². The van der Waals surface area contributed by atoms with Gasteiger partial charge < -0.3 is 15.8 Å². The molecule has 0 rings (SSSR count). The quantitative estimate of drug-likeness (QED) is 0.626. The van der Waals surface area contributed by atoms with Gasteiger partial charge in [-0.05, 0) is 18.9 Å². The molecule has 0 fully saturated rings. The van der Waals surface area contributed by atoms with Crippen molar-refractivity contribution in [1.82, 2.24) is 5.32 Å². The lowest BCUT2D eigenvalue weighted by atomic mass is 9.96. The van der Waals surface area contributed by atoms with E-state index in [4.69, 9.17) is 10.5 Å².